The normalized spacial score (nSPS) is 48.1. The Kier molecular flexibility index (Phi) is 7.89. The van der Waals surface area contributed by atoms with Crippen LogP contribution in [0.5, 0.6) is 0 Å². The maximum absolute atomic E-state index is 12.7. The molecule has 0 spiro atoms. The van der Waals surface area contributed by atoms with E-state index in [0.717, 1.165) is 38.5 Å². The molecule has 4 aliphatic carbocycles. The molecule has 4 saturated carbocycles. The lowest BCUT2D eigenvalue weighted by Crippen LogP contribution is -2.66. The van der Waals surface area contributed by atoms with Crippen molar-refractivity contribution in [2.24, 2.45) is 57.7 Å². The largest absolute Gasteiger partial charge is 0.481 e. The van der Waals surface area contributed by atoms with Crippen molar-refractivity contribution < 1.29 is 29.6 Å². The molecule has 0 heterocycles. The van der Waals surface area contributed by atoms with Crippen LogP contribution in [0, 0.1) is 57.7 Å². The van der Waals surface area contributed by atoms with Gasteiger partial charge >= 0.3 is 11.9 Å². The molecule has 37 heavy (non-hydrogen) atoms. The quantitative estimate of drug-likeness (QED) is 0.373. The summed E-state index contributed by atoms with van der Waals surface area (Å²) in [6.45, 7) is 14.9. The molecule has 0 unspecified atom stereocenters. The second-order valence-electron chi connectivity index (χ2n) is 14.5. The van der Waals surface area contributed by atoms with Crippen molar-refractivity contribution in [3.05, 3.63) is 0 Å². The van der Waals surface area contributed by atoms with E-state index in [-0.39, 0.29) is 52.0 Å². The lowest BCUT2D eigenvalue weighted by Gasteiger charge is -2.69. The highest BCUT2D eigenvalue weighted by molar-refractivity contribution is 5.71. The van der Waals surface area contributed by atoms with Gasteiger partial charge in [-0.3, -0.25) is 9.59 Å². The van der Waals surface area contributed by atoms with Crippen LogP contribution in [0.4, 0.5) is 0 Å². The molecule has 0 aromatic heterocycles. The predicted octanol–water partition coefficient (Wildman–Crippen LogP) is 5.68. The fraction of sp³-hybridized carbons (Fsp3) is 0.935. The summed E-state index contributed by atoms with van der Waals surface area (Å²) in [6, 6.07) is 0. The molecule has 0 aromatic carbocycles. The van der Waals surface area contributed by atoms with Crippen molar-refractivity contribution in [1.82, 2.24) is 0 Å². The Labute approximate surface area is 223 Å². The lowest BCUT2D eigenvalue weighted by atomic mass is 9.36. The van der Waals surface area contributed by atoms with Gasteiger partial charge in [0.15, 0.2) is 0 Å². The van der Waals surface area contributed by atoms with Crippen molar-refractivity contribution in [3.8, 4) is 0 Å². The van der Waals surface area contributed by atoms with Crippen LogP contribution >= 0.6 is 0 Å². The number of aliphatic hydroxyl groups excluding tert-OH is 2. The van der Waals surface area contributed by atoms with E-state index in [1.807, 2.05) is 0 Å². The number of aliphatic carboxylic acids is 1. The summed E-state index contributed by atoms with van der Waals surface area (Å²) in [6.07, 6.45) is 6.00. The molecule has 0 aromatic rings. The fourth-order valence-corrected chi connectivity index (χ4v) is 10.6. The van der Waals surface area contributed by atoms with E-state index in [2.05, 4.69) is 41.5 Å². The summed E-state index contributed by atoms with van der Waals surface area (Å²) < 4.78 is 5.95. The van der Waals surface area contributed by atoms with Crippen molar-refractivity contribution in [2.45, 2.75) is 125 Å². The standard InChI is InChI=1S/C31H52O6/c1-17(2)9-8-10-20(28(35)36)26-22-15-24(34)27-29(5)13-12-23(33)18(3)21(29)11-14-30(27,6)31(22,7)16-25(26)37-19(4)32/h17-18,20-27,33-34H,8-16H2,1-7H3,(H,35,36)/t18-,20-,21-,22-,23+,24+,25-,26-,27-,29-,30-,31-/m0/s1. The van der Waals surface area contributed by atoms with Gasteiger partial charge in [0.1, 0.15) is 6.10 Å². The smallest absolute Gasteiger partial charge is 0.306 e. The molecular weight excluding hydrogens is 468 g/mol. The zero-order valence-electron chi connectivity index (χ0n) is 24.2. The third-order valence-corrected chi connectivity index (χ3v) is 12.4. The zero-order chi connectivity index (χ0) is 27.5. The average molecular weight is 521 g/mol. The molecule has 0 radical (unpaired) electrons. The molecule has 0 bridgehead atoms. The minimum Gasteiger partial charge on any atom is -0.481 e. The molecule has 4 fully saturated rings. The summed E-state index contributed by atoms with van der Waals surface area (Å²) in [5.41, 5.74) is -0.505. The number of rotatable bonds is 7. The summed E-state index contributed by atoms with van der Waals surface area (Å²) in [5, 5.41) is 33.0. The number of carboxylic acids is 1. The Morgan fingerprint density at radius 2 is 1.65 bits per heavy atom. The number of fused-ring (bicyclic) bond motifs is 5. The van der Waals surface area contributed by atoms with Gasteiger partial charge in [-0.05, 0) is 90.8 Å². The number of carbonyl (C=O) groups excluding carboxylic acids is 1. The third-order valence-electron chi connectivity index (χ3n) is 12.4. The highest BCUT2D eigenvalue weighted by Crippen LogP contribution is 2.74. The van der Waals surface area contributed by atoms with Crippen LogP contribution in [0.25, 0.3) is 0 Å². The lowest BCUT2D eigenvalue weighted by molar-refractivity contribution is -0.240. The molecule has 0 amide bonds. The summed E-state index contributed by atoms with van der Waals surface area (Å²) in [7, 11) is 0. The molecule has 6 nitrogen and oxygen atoms in total. The Morgan fingerprint density at radius 1 is 0.973 bits per heavy atom. The van der Waals surface area contributed by atoms with Gasteiger partial charge in [-0.2, -0.15) is 0 Å². The molecule has 0 aliphatic heterocycles. The minimum absolute atomic E-state index is 0.0139. The molecule has 4 rings (SSSR count). The fourth-order valence-electron chi connectivity index (χ4n) is 10.6. The molecular formula is C31H52O6. The van der Waals surface area contributed by atoms with E-state index < -0.39 is 24.1 Å². The van der Waals surface area contributed by atoms with Crippen LogP contribution in [-0.4, -0.2) is 45.6 Å². The second kappa shape index (κ2) is 10.1. The predicted molar refractivity (Wildman–Crippen MR) is 143 cm³/mol. The van der Waals surface area contributed by atoms with Crippen LogP contribution in [0.15, 0.2) is 0 Å². The molecule has 6 heteroatoms. The Balaban J connectivity index is 1.73. The maximum Gasteiger partial charge on any atom is 0.306 e. The minimum atomic E-state index is -0.803. The van der Waals surface area contributed by atoms with Gasteiger partial charge in [-0.1, -0.05) is 54.4 Å². The number of ether oxygens (including phenoxy) is 1. The van der Waals surface area contributed by atoms with E-state index in [0.29, 0.717) is 31.1 Å². The highest BCUT2D eigenvalue weighted by atomic mass is 16.5. The van der Waals surface area contributed by atoms with Crippen LogP contribution in [0.2, 0.25) is 0 Å². The first-order chi connectivity index (χ1) is 17.2. The Hall–Kier alpha value is -1.14. The monoisotopic (exact) mass is 520 g/mol. The number of carboxylic acid groups (broad SMARTS) is 1. The van der Waals surface area contributed by atoms with Crippen molar-refractivity contribution in [1.29, 1.82) is 0 Å². The van der Waals surface area contributed by atoms with Gasteiger partial charge in [-0.25, -0.2) is 0 Å². The number of esters is 1. The number of hydrogen-bond donors (Lipinski definition) is 3. The van der Waals surface area contributed by atoms with E-state index in [1.54, 1.807) is 0 Å². The number of carbonyl (C=O) groups is 2. The third kappa shape index (κ3) is 4.56. The number of hydrogen-bond acceptors (Lipinski definition) is 5. The molecule has 4 aliphatic rings. The van der Waals surface area contributed by atoms with Gasteiger partial charge in [0.25, 0.3) is 0 Å². The van der Waals surface area contributed by atoms with Gasteiger partial charge < -0.3 is 20.1 Å². The van der Waals surface area contributed by atoms with Crippen molar-refractivity contribution in [3.63, 3.8) is 0 Å². The maximum atomic E-state index is 12.7. The summed E-state index contributed by atoms with van der Waals surface area (Å²) >= 11 is 0. The van der Waals surface area contributed by atoms with Gasteiger partial charge in [0.2, 0.25) is 0 Å². The van der Waals surface area contributed by atoms with Gasteiger partial charge in [-0.15, -0.1) is 0 Å². The highest BCUT2D eigenvalue weighted by Gasteiger charge is 2.72. The second-order valence-corrected chi connectivity index (χ2v) is 14.5. The summed E-state index contributed by atoms with van der Waals surface area (Å²) in [5.74, 6) is -0.870. The Bertz CT molecular complexity index is 872. The first-order valence-corrected chi connectivity index (χ1v) is 14.9. The van der Waals surface area contributed by atoms with Crippen LogP contribution in [-0.2, 0) is 14.3 Å². The van der Waals surface area contributed by atoms with Gasteiger partial charge in [0.05, 0.1) is 18.1 Å². The van der Waals surface area contributed by atoms with E-state index in [4.69, 9.17) is 4.74 Å². The Morgan fingerprint density at radius 3 is 2.24 bits per heavy atom. The van der Waals surface area contributed by atoms with Crippen molar-refractivity contribution >= 4 is 11.9 Å². The topological polar surface area (TPSA) is 104 Å². The summed E-state index contributed by atoms with van der Waals surface area (Å²) in [4.78, 5) is 24.9. The van der Waals surface area contributed by atoms with Crippen molar-refractivity contribution in [2.75, 3.05) is 0 Å². The van der Waals surface area contributed by atoms with Crippen LogP contribution in [0.3, 0.4) is 0 Å². The first-order valence-electron chi connectivity index (χ1n) is 14.9. The van der Waals surface area contributed by atoms with E-state index in [9.17, 15) is 24.9 Å². The zero-order valence-corrected chi connectivity index (χ0v) is 24.2. The van der Waals surface area contributed by atoms with E-state index >= 15 is 0 Å². The average Bonchev–Trinajstić information content (AvgIpc) is 3.05. The molecule has 3 N–H and O–H groups in total. The van der Waals surface area contributed by atoms with Crippen LogP contribution < -0.4 is 0 Å². The molecule has 12 atom stereocenters. The van der Waals surface area contributed by atoms with Crippen LogP contribution in [0.1, 0.15) is 106 Å². The van der Waals surface area contributed by atoms with Gasteiger partial charge in [0, 0.05) is 12.8 Å². The number of aliphatic hydroxyl groups is 2. The molecule has 212 valence electrons. The molecule has 0 saturated heterocycles. The first kappa shape index (κ1) is 28.9. The van der Waals surface area contributed by atoms with E-state index in [1.165, 1.54) is 6.92 Å². The SMILES string of the molecule is CC(=O)O[C@H]1C[C@@]2(C)[C@@H](C[C@@H](O)[C@H]3[C@@]4(C)CC[C@@H](O)[C@@H](C)[C@@H]4CC[C@@]32C)[C@@H]1[C@H](CCCC(C)C)C(=O)O.